The number of rotatable bonds is 3. The van der Waals surface area contributed by atoms with Gasteiger partial charge in [0.05, 0.1) is 0 Å². The van der Waals surface area contributed by atoms with Crippen LogP contribution in [0, 0.1) is 0 Å². The van der Waals surface area contributed by atoms with E-state index >= 15 is 0 Å². The first-order chi connectivity index (χ1) is 10.8. The van der Waals surface area contributed by atoms with E-state index in [0.29, 0.717) is 5.82 Å². The van der Waals surface area contributed by atoms with Crippen molar-refractivity contribution in [1.82, 2.24) is 9.97 Å². The molecule has 1 aromatic heterocycles. The Labute approximate surface area is 129 Å². The first kappa shape index (κ1) is 14.3. The van der Waals surface area contributed by atoms with Gasteiger partial charge in [-0.25, -0.2) is 14.8 Å². The van der Waals surface area contributed by atoms with Crippen LogP contribution in [-0.2, 0) is 0 Å². The molecule has 1 aliphatic heterocycles. The number of anilines is 3. The van der Waals surface area contributed by atoms with Gasteiger partial charge in [0, 0.05) is 24.8 Å². The van der Waals surface area contributed by atoms with Gasteiger partial charge in [-0.1, -0.05) is 18.2 Å². The van der Waals surface area contributed by atoms with Crippen LogP contribution in [-0.4, -0.2) is 29.1 Å². The van der Waals surface area contributed by atoms with E-state index in [-0.39, 0.29) is 6.03 Å². The number of benzene rings is 1. The largest absolute Gasteiger partial charge is 0.356 e. The lowest BCUT2D eigenvalue weighted by Crippen LogP contribution is -2.30. The number of piperidine rings is 1. The molecule has 0 aliphatic carbocycles. The van der Waals surface area contributed by atoms with Crippen LogP contribution in [0.15, 0.2) is 42.7 Å². The Balaban J connectivity index is 1.63. The highest BCUT2D eigenvalue weighted by Crippen LogP contribution is 2.19. The van der Waals surface area contributed by atoms with Crippen molar-refractivity contribution >= 4 is 23.4 Å². The van der Waals surface area contributed by atoms with Gasteiger partial charge in [0.1, 0.15) is 18.0 Å². The van der Waals surface area contributed by atoms with E-state index in [9.17, 15) is 4.79 Å². The second-order valence-corrected chi connectivity index (χ2v) is 5.25. The van der Waals surface area contributed by atoms with Crippen LogP contribution >= 0.6 is 0 Å². The number of carbonyl (C=O) groups excluding carboxylic acids is 1. The summed E-state index contributed by atoms with van der Waals surface area (Å²) in [6.45, 7) is 2.01. The molecule has 0 bridgehead atoms. The van der Waals surface area contributed by atoms with Crippen molar-refractivity contribution in [1.29, 1.82) is 0 Å². The molecule has 2 N–H and O–H groups in total. The maximum Gasteiger partial charge on any atom is 0.324 e. The first-order valence-electron chi connectivity index (χ1n) is 7.51. The van der Waals surface area contributed by atoms with Gasteiger partial charge in [0.25, 0.3) is 0 Å². The molecule has 0 unspecified atom stereocenters. The standard InChI is InChI=1S/C16H19N5O/c22-16(19-13-7-3-1-4-8-13)20-14-11-15(18-12-17-14)21-9-5-2-6-10-21/h1,3-4,7-8,11-12H,2,5-6,9-10H2,(H2,17,18,19,20,22). The maximum atomic E-state index is 12.0. The zero-order chi connectivity index (χ0) is 15.2. The minimum absolute atomic E-state index is 0.311. The molecule has 2 amide bonds. The summed E-state index contributed by atoms with van der Waals surface area (Å²) in [6.07, 6.45) is 5.12. The van der Waals surface area contributed by atoms with Gasteiger partial charge in [0.2, 0.25) is 0 Å². The van der Waals surface area contributed by atoms with Crippen LogP contribution in [0.4, 0.5) is 22.1 Å². The maximum absolute atomic E-state index is 12.0. The highest BCUT2D eigenvalue weighted by molar-refractivity contribution is 5.99. The molecule has 2 heterocycles. The van der Waals surface area contributed by atoms with Gasteiger partial charge in [0.15, 0.2) is 0 Å². The number of amides is 2. The molecule has 1 fully saturated rings. The van der Waals surface area contributed by atoms with Crippen molar-refractivity contribution in [2.24, 2.45) is 0 Å². The number of hydrogen-bond acceptors (Lipinski definition) is 4. The quantitative estimate of drug-likeness (QED) is 0.913. The molecule has 1 aromatic carbocycles. The van der Waals surface area contributed by atoms with E-state index in [1.165, 1.54) is 25.6 Å². The summed E-state index contributed by atoms with van der Waals surface area (Å²) in [6, 6.07) is 10.8. The normalized spacial score (nSPS) is 14.5. The summed E-state index contributed by atoms with van der Waals surface area (Å²) in [5.74, 6) is 1.37. The highest BCUT2D eigenvalue weighted by atomic mass is 16.2. The number of hydrogen-bond donors (Lipinski definition) is 2. The third-order valence-corrected chi connectivity index (χ3v) is 3.61. The number of aromatic nitrogens is 2. The molecular weight excluding hydrogens is 278 g/mol. The van der Waals surface area contributed by atoms with Crippen LogP contribution in [0.3, 0.4) is 0 Å². The molecule has 0 atom stereocenters. The molecule has 1 aliphatic rings. The summed E-state index contributed by atoms with van der Waals surface area (Å²) in [5, 5.41) is 5.51. The summed E-state index contributed by atoms with van der Waals surface area (Å²) in [7, 11) is 0. The number of para-hydroxylation sites is 1. The molecule has 0 radical (unpaired) electrons. The summed E-state index contributed by atoms with van der Waals surface area (Å²) < 4.78 is 0. The fourth-order valence-electron chi connectivity index (χ4n) is 2.51. The predicted octanol–water partition coefficient (Wildman–Crippen LogP) is 3.11. The molecule has 2 aromatic rings. The Kier molecular flexibility index (Phi) is 4.48. The average Bonchev–Trinajstić information content (AvgIpc) is 2.57. The van der Waals surface area contributed by atoms with Crippen molar-refractivity contribution in [3.63, 3.8) is 0 Å². The second-order valence-electron chi connectivity index (χ2n) is 5.25. The second kappa shape index (κ2) is 6.89. The number of urea groups is 1. The monoisotopic (exact) mass is 297 g/mol. The fourth-order valence-corrected chi connectivity index (χ4v) is 2.51. The Morgan fingerprint density at radius 3 is 2.55 bits per heavy atom. The van der Waals surface area contributed by atoms with Crippen LogP contribution < -0.4 is 15.5 Å². The minimum atomic E-state index is -0.311. The summed E-state index contributed by atoms with van der Waals surface area (Å²) >= 11 is 0. The molecule has 1 saturated heterocycles. The van der Waals surface area contributed by atoms with Crippen molar-refractivity contribution < 1.29 is 4.79 Å². The van der Waals surface area contributed by atoms with E-state index in [4.69, 9.17) is 0 Å². The molecule has 3 rings (SSSR count). The molecule has 114 valence electrons. The topological polar surface area (TPSA) is 70.2 Å². The van der Waals surface area contributed by atoms with Gasteiger partial charge in [-0.2, -0.15) is 0 Å². The van der Waals surface area contributed by atoms with Crippen molar-refractivity contribution in [3.05, 3.63) is 42.7 Å². The van der Waals surface area contributed by atoms with Gasteiger partial charge in [-0.3, -0.25) is 5.32 Å². The van der Waals surface area contributed by atoms with E-state index < -0.39 is 0 Å². The smallest absolute Gasteiger partial charge is 0.324 e. The fraction of sp³-hybridized carbons (Fsp3) is 0.312. The molecule has 22 heavy (non-hydrogen) atoms. The summed E-state index contributed by atoms with van der Waals surface area (Å²) in [4.78, 5) is 22.6. The third kappa shape index (κ3) is 3.72. The van der Waals surface area contributed by atoms with Gasteiger partial charge >= 0.3 is 6.03 Å². The Morgan fingerprint density at radius 2 is 1.77 bits per heavy atom. The summed E-state index contributed by atoms with van der Waals surface area (Å²) in [5.41, 5.74) is 0.741. The van der Waals surface area contributed by atoms with E-state index in [2.05, 4.69) is 25.5 Å². The highest BCUT2D eigenvalue weighted by Gasteiger charge is 2.13. The van der Waals surface area contributed by atoms with Gasteiger partial charge in [-0.05, 0) is 31.4 Å². The minimum Gasteiger partial charge on any atom is -0.356 e. The van der Waals surface area contributed by atoms with Crippen LogP contribution in [0.25, 0.3) is 0 Å². The SMILES string of the molecule is O=C(Nc1ccccc1)Nc1cc(N2CCCCC2)ncn1. The van der Waals surface area contributed by atoms with E-state index in [1.54, 1.807) is 0 Å². The molecule has 0 saturated carbocycles. The number of nitrogens with zero attached hydrogens (tertiary/aromatic N) is 3. The average molecular weight is 297 g/mol. The number of carbonyl (C=O) groups is 1. The van der Waals surface area contributed by atoms with E-state index in [1.807, 2.05) is 36.4 Å². The predicted molar refractivity (Wildman–Crippen MR) is 87.2 cm³/mol. The van der Waals surface area contributed by atoms with Gasteiger partial charge < -0.3 is 10.2 Å². The van der Waals surface area contributed by atoms with Crippen LogP contribution in [0.5, 0.6) is 0 Å². The Hall–Kier alpha value is -2.63. The Morgan fingerprint density at radius 1 is 1.00 bits per heavy atom. The van der Waals surface area contributed by atoms with Crippen molar-refractivity contribution in [3.8, 4) is 0 Å². The third-order valence-electron chi connectivity index (χ3n) is 3.61. The molecule has 6 heteroatoms. The van der Waals surface area contributed by atoms with Crippen molar-refractivity contribution in [2.45, 2.75) is 19.3 Å². The zero-order valence-corrected chi connectivity index (χ0v) is 12.3. The van der Waals surface area contributed by atoms with Crippen LogP contribution in [0.1, 0.15) is 19.3 Å². The lowest BCUT2D eigenvalue weighted by molar-refractivity contribution is 0.262. The van der Waals surface area contributed by atoms with E-state index in [0.717, 1.165) is 24.6 Å². The van der Waals surface area contributed by atoms with Crippen LogP contribution in [0.2, 0.25) is 0 Å². The van der Waals surface area contributed by atoms with Gasteiger partial charge in [-0.15, -0.1) is 0 Å². The lowest BCUT2D eigenvalue weighted by Gasteiger charge is -2.27. The molecular formula is C16H19N5O. The zero-order valence-electron chi connectivity index (χ0n) is 12.3. The Bertz CT molecular complexity index is 625. The molecule has 0 spiro atoms. The first-order valence-corrected chi connectivity index (χ1v) is 7.51. The lowest BCUT2D eigenvalue weighted by atomic mass is 10.1. The number of nitrogens with one attached hydrogen (secondary N) is 2. The molecule has 6 nitrogen and oxygen atoms in total. The van der Waals surface area contributed by atoms with Crippen molar-refractivity contribution in [2.75, 3.05) is 28.6 Å².